The van der Waals surface area contributed by atoms with Gasteiger partial charge in [-0.2, -0.15) is 5.10 Å². The smallest absolute Gasteiger partial charge is 0.244 e. The summed E-state index contributed by atoms with van der Waals surface area (Å²) in [5.74, 6) is 0.644. The van der Waals surface area contributed by atoms with Crippen molar-refractivity contribution in [2.24, 2.45) is 5.10 Å². The first kappa shape index (κ1) is 22.5. The van der Waals surface area contributed by atoms with Crippen molar-refractivity contribution in [3.63, 3.8) is 0 Å². The summed E-state index contributed by atoms with van der Waals surface area (Å²) in [6.45, 7) is 0.507. The molecule has 2 N–H and O–H groups in total. The summed E-state index contributed by atoms with van der Waals surface area (Å²) >= 11 is 1.31. The Kier molecular flexibility index (Phi) is 7.80. The molecule has 0 bridgehead atoms. The number of benzene rings is 2. The Balaban J connectivity index is 1.53. The number of halogens is 1. The molecule has 0 saturated heterocycles. The second-order valence-electron chi connectivity index (χ2n) is 6.58. The molecule has 0 aliphatic rings. The Hall–Kier alpha value is -3.17. The number of anilines is 1. The molecule has 2 aromatic carbocycles. The molecule has 9 heteroatoms. The van der Waals surface area contributed by atoms with Crippen LogP contribution in [0.3, 0.4) is 0 Å². The molecule has 1 amide bonds. The van der Waals surface area contributed by atoms with Gasteiger partial charge in [-0.25, -0.2) is 9.40 Å². The minimum atomic E-state index is -0.262. The summed E-state index contributed by atoms with van der Waals surface area (Å²) in [6.07, 6.45) is 1.80. The van der Waals surface area contributed by atoms with Crippen molar-refractivity contribution < 1.29 is 23.8 Å². The van der Waals surface area contributed by atoms with E-state index in [1.165, 1.54) is 29.5 Å². The molecule has 3 aromatic rings. The maximum absolute atomic E-state index is 13.8. The molecule has 1 aromatic heterocycles. The number of nitrogens with one attached hydrogen (secondary N) is 1. The van der Waals surface area contributed by atoms with Gasteiger partial charge in [-0.3, -0.25) is 4.79 Å². The Morgan fingerprint density at radius 3 is 2.94 bits per heavy atom. The second-order valence-corrected chi connectivity index (χ2v) is 7.46. The molecule has 0 atom stereocenters. The Morgan fingerprint density at radius 1 is 1.32 bits per heavy atom. The van der Waals surface area contributed by atoms with Gasteiger partial charge in [0.1, 0.15) is 12.4 Å². The minimum absolute atomic E-state index is 0.0826. The van der Waals surface area contributed by atoms with Gasteiger partial charge in [-0.15, -0.1) is 11.3 Å². The van der Waals surface area contributed by atoms with Crippen molar-refractivity contribution in [2.75, 3.05) is 39.2 Å². The van der Waals surface area contributed by atoms with Gasteiger partial charge in [0, 0.05) is 48.1 Å². The molecule has 0 aliphatic heterocycles. The number of methoxy groups -OCH3 is 1. The predicted octanol–water partition coefficient (Wildman–Crippen LogP) is 3.71. The van der Waals surface area contributed by atoms with E-state index in [9.17, 15) is 9.18 Å². The minimum Gasteiger partial charge on any atom is -0.493 e. The summed E-state index contributed by atoms with van der Waals surface area (Å²) in [6, 6.07) is 10.2. The highest BCUT2D eigenvalue weighted by molar-refractivity contribution is 7.17. The van der Waals surface area contributed by atoms with Gasteiger partial charge in [0.2, 0.25) is 5.91 Å². The third-order valence-electron chi connectivity index (χ3n) is 4.49. The van der Waals surface area contributed by atoms with Gasteiger partial charge in [0.15, 0.2) is 11.5 Å². The second kappa shape index (κ2) is 10.7. The van der Waals surface area contributed by atoms with E-state index in [0.717, 1.165) is 16.6 Å². The fraction of sp³-hybridized carbons (Fsp3) is 0.273. The molecule has 0 spiro atoms. The average Bonchev–Trinajstić information content (AvgIpc) is 3.20. The van der Waals surface area contributed by atoms with Crippen molar-refractivity contribution >= 4 is 39.2 Å². The van der Waals surface area contributed by atoms with Crippen LogP contribution in [0.4, 0.5) is 10.1 Å². The molecular formula is C22H24FN3O4S. The van der Waals surface area contributed by atoms with Crippen LogP contribution < -0.4 is 14.8 Å². The Labute approximate surface area is 183 Å². The van der Waals surface area contributed by atoms with Crippen LogP contribution in [0.1, 0.15) is 12.0 Å². The van der Waals surface area contributed by atoms with E-state index in [1.54, 1.807) is 31.5 Å². The predicted molar refractivity (Wildman–Crippen MR) is 121 cm³/mol. The van der Waals surface area contributed by atoms with E-state index in [-0.39, 0.29) is 31.4 Å². The van der Waals surface area contributed by atoms with Crippen molar-refractivity contribution in [1.82, 2.24) is 5.01 Å². The molecular weight excluding hydrogens is 421 g/mol. The highest BCUT2D eigenvalue weighted by Crippen LogP contribution is 2.30. The van der Waals surface area contributed by atoms with Gasteiger partial charge in [-0.05, 0) is 18.2 Å². The number of hydrazone groups is 1. The molecule has 31 heavy (non-hydrogen) atoms. The zero-order valence-electron chi connectivity index (χ0n) is 17.3. The van der Waals surface area contributed by atoms with Gasteiger partial charge in [0.25, 0.3) is 0 Å². The van der Waals surface area contributed by atoms with Crippen LogP contribution in [0.5, 0.6) is 11.5 Å². The lowest BCUT2D eigenvalue weighted by molar-refractivity contribution is -0.129. The van der Waals surface area contributed by atoms with Gasteiger partial charge in [-0.1, -0.05) is 12.1 Å². The van der Waals surface area contributed by atoms with E-state index >= 15 is 0 Å². The van der Waals surface area contributed by atoms with Gasteiger partial charge >= 0.3 is 0 Å². The van der Waals surface area contributed by atoms with Crippen LogP contribution in [0.15, 0.2) is 46.9 Å². The molecule has 0 aliphatic carbocycles. The van der Waals surface area contributed by atoms with Crippen LogP contribution in [-0.2, 0) is 4.79 Å². The van der Waals surface area contributed by atoms with Gasteiger partial charge < -0.3 is 19.9 Å². The topological polar surface area (TPSA) is 83.4 Å². The molecule has 3 rings (SSSR count). The first-order valence-electron chi connectivity index (χ1n) is 9.65. The highest BCUT2D eigenvalue weighted by Gasteiger charge is 2.10. The molecule has 0 fully saturated rings. The number of carbonyl (C=O) groups is 1. The number of fused-ring (bicyclic) bond motifs is 1. The number of nitrogens with zero attached hydrogens (tertiary/aromatic N) is 2. The van der Waals surface area contributed by atoms with Gasteiger partial charge in [0.05, 0.1) is 24.6 Å². The fourth-order valence-corrected chi connectivity index (χ4v) is 3.81. The van der Waals surface area contributed by atoms with Crippen molar-refractivity contribution in [3.05, 3.63) is 53.2 Å². The molecule has 7 nitrogen and oxygen atoms in total. The molecule has 0 saturated carbocycles. The third kappa shape index (κ3) is 5.71. The van der Waals surface area contributed by atoms with Crippen molar-refractivity contribution in [2.45, 2.75) is 6.42 Å². The van der Waals surface area contributed by atoms with Crippen LogP contribution in [0.25, 0.3) is 10.1 Å². The third-order valence-corrected chi connectivity index (χ3v) is 5.52. The van der Waals surface area contributed by atoms with E-state index in [4.69, 9.17) is 14.6 Å². The quantitative estimate of drug-likeness (QED) is 0.367. The number of rotatable bonds is 10. The first-order valence-corrected chi connectivity index (χ1v) is 10.5. The first-order chi connectivity index (χ1) is 15.0. The van der Waals surface area contributed by atoms with Crippen LogP contribution >= 0.6 is 11.3 Å². The monoisotopic (exact) mass is 445 g/mol. The molecule has 164 valence electrons. The summed E-state index contributed by atoms with van der Waals surface area (Å²) in [4.78, 5) is 12.4. The van der Waals surface area contributed by atoms with Crippen LogP contribution in [0.2, 0.25) is 0 Å². The lowest BCUT2D eigenvalue weighted by Crippen LogP contribution is -2.23. The molecule has 0 radical (unpaired) electrons. The number of thiophene rings is 1. The SMILES string of the molecule is COc1cc(NCCC(=O)N(C)/N=C/c2csc3c(F)cccc23)ccc1OCCO. The van der Waals surface area contributed by atoms with E-state index in [1.807, 2.05) is 17.5 Å². The lowest BCUT2D eigenvalue weighted by atomic mass is 10.2. The Morgan fingerprint density at radius 2 is 2.16 bits per heavy atom. The number of hydrogen-bond acceptors (Lipinski definition) is 7. The molecule has 0 unspecified atom stereocenters. The van der Waals surface area contributed by atoms with E-state index in [0.29, 0.717) is 22.7 Å². The summed E-state index contributed by atoms with van der Waals surface area (Å²) in [5, 5.41) is 20.1. The number of ether oxygens (including phenoxy) is 2. The fourth-order valence-electron chi connectivity index (χ4n) is 2.88. The Bertz CT molecular complexity index is 1070. The zero-order chi connectivity index (χ0) is 22.2. The van der Waals surface area contributed by atoms with E-state index in [2.05, 4.69) is 10.4 Å². The average molecular weight is 446 g/mol. The maximum atomic E-state index is 13.8. The summed E-state index contributed by atoms with van der Waals surface area (Å²) < 4.78 is 25.1. The van der Waals surface area contributed by atoms with Crippen LogP contribution in [0, 0.1) is 5.82 Å². The summed E-state index contributed by atoms with van der Waals surface area (Å²) in [5.41, 5.74) is 1.55. The van der Waals surface area contributed by atoms with E-state index < -0.39 is 0 Å². The standard InChI is InChI=1S/C22H24FN3O4S/c1-26(25-13-15-14-31-22-17(15)4-3-5-18(22)23)21(28)8-9-24-16-6-7-19(30-11-10-27)20(12-16)29-2/h3-7,12-14,24,27H,8-11H2,1-2H3/b25-13+. The lowest BCUT2D eigenvalue weighted by Gasteiger charge is -2.14. The largest absolute Gasteiger partial charge is 0.493 e. The number of carbonyl (C=O) groups excluding carboxylic acids is 1. The number of hydrogen-bond donors (Lipinski definition) is 2. The number of aliphatic hydroxyl groups is 1. The van der Waals surface area contributed by atoms with Crippen molar-refractivity contribution in [3.8, 4) is 11.5 Å². The summed E-state index contributed by atoms with van der Waals surface area (Å²) in [7, 11) is 3.12. The number of amides is 1. The maximum Gasteiger partial charge on any atom is 0.244 e. The number of aliphatic hydroxyl groups excluding tert-OH is 1. The highest BCUT2D eigenvalue weighted by atomic mass is 32.1. The zero-order valence-corrected chi connectivity index (χ0v) is 18.1. The van der Waals surface area contributed by atoms with Crippen LogP contribution in [-0.4, -0.2) is 56.2 Å². The van der Waals surface area contributed by atoms with Crippen molar-refractivity contribution in [1.29, 1.82) is 0 Å². The molecule has 1 heterocycles. The normalized spacial score (nSPS) is 11.1.